The molecule has 0 N–H and O–H groups in total. The van der Waals surface area contributed by atoms with Crippen LogP contribution in [0.4, 0.5) is 0 Å². The molecule has 1 nitrogen and oxygen atoms in total. The zero-order valence-corrected chi connectivity index (χ0v) is 14.5. The fourth-order valence-corrected chi connectivity index (χ4v) is 4.34. The summed E-state index contributed by atoms with van der Waals surface area (Å²) in [5.74, 6) is 1.00. The second-order valence-electron chi connectivity index (χ2n) is 5.87. The maximum Gasteiger partial charge on any atom is 0.245 e. The number of unbranched alkanes of at least 4 members (excludes halogenated alkanes) is 5. The van der Waals surface area contributed by atoms with Crippen LogP contribution in [0, 0.1) is 0 Å². The molecule has 19 heavy (non-hydrogen) atoms. The van der Waals surface area contributed by atoms with E-state index >= 15 is 0 Å². The summed E-state index contributed by atoms with van der Waals surface area (Å²) in [6.07, 6.45) is 8.15. The van der Waals surface area contributed by atoms with Crippen molar-refractivity contribution in [3.8, 4) is 5.75 Å². The Morgan fingerprint density at radius 1 is 0.947 bits per heavy atom. The van der Waals surface area contributed by atoms with Gasteiger partial charge < -0.3 is 4.43 Å². The van der Waals surface area contributed by atoms with Gasteiger partial charge in [0.05, 0.1) is 0 Å². The van der Waals surface area contributed by atoms with Gasteiger partial charge >= 0.3 is 0 Å². The van der Waals surface area contributed by atoms with Crippen molar-refractivity contribution < 1.29 is 4.43 Å². The molecule has 0 saturated heterocycles. The van der Waals surface area contributed by atoms with Gasteiger partial charge in [0.1, 0.15) is 5.75 Å². The van der Waals surface area contributed by atoms with E-state index in [1.54, 1.807) is 0 Å². The second-order valence-corrected chi connectivity index (χ2v) is 10.6. The average molecular weight is 297 g/mol. The van der Waals surface area contributed by atoms with E-state index in [9.17, 15) is 0 Å². The molecule has 1 aromatic rings. The lowest BCUT2D eigenvalue weighted by molar-refractivity contribution is 0.535. The fourth-order valence-electron chi connectivity index (χ4n) is 2.22. The molecule has 0 unspecified atom stereocenters. The highest BCUT2D eigenvalue weighted by Crippen LogP contribution is 2.22. The zero-order chi connectivity index (χ0) is 14.1. The maximum absolute atomic E-state index is 6.19. The topological polar surface area (TPSA) is 9.23 Å². The minimum Gasteiger partial charge on any atom is -0.544 e. The Hall–Kier alpha value is -0.413. The molecule has 0 fully saturated rings. The van der Waals surface area contributed by atoms with E-state index in [1.807, 2.05) is 24.3 Å². The second kappa shape index (κ2) is 8.70. The van der Waals surface area contributed by atoms with Crippen LogP contribution in [0.3, 0.4) is 0 Å². The number of rotatable bonds is 9. The molecular formula is C16H28OSSi. The van der Waals surface area contributed by atoms with E-state index in [2.05, 4.69) is 32.6 Å². The summed E-state index contributed by atoms with van der Waals surface area (Å²) in [5.41, 5.74) is 0. The van der Waals surface area contributed by atoms with E-state index in [4.69, 9.17) is 4.43 Å². The molecule has 0 aliphatic heterocycles. The molecule has 0 heterocycles. The molecule has 3 heteroatoms. The summed E-state index contributed by atoms with van der Waals surface area (Å²) in [6.45, 7) is 6.89. The molecule has 1 aromatic carbocycles. The van der Waals surface area contributed by atoms with Crippen LogP contribution in [-0.4, -0.2) is 8.32 Å². The first kappa shape index (κ1) is 16.6. The molecule has 0 amide bonds. The van der Waals surface area contributed by atoms with Gasteiger partial charge in [0.2, 0.25) is 8.32 Å². The quantitative estimate of drug-likeness (QED) is 0.338. The highest BCUT2D eigenvalue weighted by atomic mass is 32.1. The molecule has 0 atom stereocenters. The zero-order valence-electron chi connectivity index (χ0n) is 12.6. The first-order valence-corrected chi connectivity index (χ1v) is 11.1. The van der Waals surface area contributed by atoms with E-state index in [-0.39, 0.29) is 0 Å². The van der Waals surface area contributed by atoms with Gasteiger partial charge in [-0.15, -0.1) is 12.6 Å². The van der Waals surface area contributed by atoms with Crippen LogP contribution in [0.5, 0.6) is 5.75 Å². The van der Waals surface area contributed by atoms with Gasteiger partial charge in [0, 0.05) is 4.90 Å². The fraction of sp³-hybridized carbons (Fsp3) is 0.625. The van der Waals surface area contributed by atoms with E-state index in [1.165, 1.54) is 44.6 Å². The minimum absolute atomic E-state index is 0.989. The molecule has 108 valence electrons. The van der Waals surface area contributed by atoms with Crippen molar-refractivity contribution in [2.45, 2.75) is 69.5 Å². The Morgan fingerprint density at radius 3 is 2.16 bits per heavy atom. The van der Waals surface area contributed by atoms with Crippen molar-refractivity contribution in [1.29, 1.82) is 0 Å². The number of hydrogen-bond acceptors (Lipinski definition) is 2. The average Bonchev–Trinajstić information content (AvgIpc) is 2.36. The van der Waals surface area contributed by atoms with Crippen LogP contribution in [0.25, 0.3) is 0 Å². The van der Waals surface area contributed by atoms with Crippen molar-refractivity contribution in [2.24, 2.45) is 0 Å². The Labute approximate surface area is 125 Å². The lowest BCUT2D eigenvalue weighted by atomic mass is 10.1. The lowest BCUT2D eigenvalue weighted by Gasteiger charge is -2.24. The Morgan fingerprint density at radius 2 is 1.53 bits per heavy atom. The summed E-state index contributed by atoms with van der Waals surface area (Å²) < 4.78 is 6.19. The molecular weight excluding hydrogens is 268 g/mol. The molecule has 0 bridgehead atoms. The molecule has 0 aliphatic carbocycles. The standard InChI is InChI=1S/C16H28OSSi/c1-4-5-6-7-8-9-14-19(2,3)17-15-10-12-16(18)13-11-15/h10-13,18H,4-9,14H2,1-3H3. The first-order chi connectivity index (χ1) is 9.03. The van der Waals surface area contributed by atoms with E-state index in [0.29, 0.717) is 0 Å². The number of hydrogen-bond donors (Lipinski definition) is 1. The van der Waals surface area contributed by atoms with Crippen molar-refractivity contribution in [1.82, 2.24) is 0 Å². The highest BCUT2D eigenvalue weighted by molar-refractivity contribution is 7.80. The molecule has 0 saturated carbocycles. The van der Waals surface area contributed by atoms with Gasteiger partial charge in [-0.3, -0.25) is 0 Å². The Kier molecular flexibility index (Phi) is 7.62. The molecule has 1 rings (SSSR count). The molecule has 0 aromatic heterocycles. The van der Waals surface area contributed by atoms with Crippen molar-refractivity contribution >= 4 is 20.9 Å². The highest BCUT2D eigenvalue weighted by Gasteiger charge is 2.23. The SMILES string of the molecule is CCCCCCCC[Si](C)(C)Oc1ccc(S)cc1. The maximum atomic E-state index is 6.19. The van der Waals surface area contributed by atoms with Crippen molar-refractivity contribution in [3.63, 3.8) is 0 Å². The number of thiol groups is 1. The van der Waals surface area contributed by atoms with Crippen molar-refractivity contribution in [3.05, 3.63) is 24.3 Å². The van der Waals surface area contributed by atoms with Crippen LogP contribution < -0.4 is 4.43 Å². The van der Waals surface area contributed by atoms with Gasteiger partial charge in [0.25, 0.3) is 0 Å². The minimum atomic E-state index is -1.55. The third kappa shape index (κ3) is 7.68. The lowest BCUT2D eigenvalue weighted by Crippen LogP contribution is -2.33. The predicted octanol–water partition coefficient (Wildman–Crippen LogP) is 5.92. The third-order valence-electron chi connectivity index (χ3n) is 3.36. The summed E-state index contributed by atoms with van der Waals surface area (Å²) in [4.78, 5) is 0.989. The van der Waals surface area contributed by atoms with Crippen LogP contribution in [0.15, 0.2) is 29.2 Å². The summed E-state index contributed by atoms with van der Waals surface area (Å²) in [5, 5.41) is 0. The van der Waals surface area contributed by atoms with Crippen LogP contribution >= 0.6 is 12.6 Å². The molecule has 0 spiro atoms. The smallest absolute Gasteiger partial charge is 0.245 e. The van der Waals surface area contributed by atoms with Gasteiger partial charge in [0.15, 0.2) is 0 Å². The third-order valence-corrected chi connectivity index (χ3v) is 6.01. The van der Waals surface area contributed by atoms with Gasteiger partial charge in [-0.2, -0.15) is 0 Å². The number of benzene rings is 1. The van der Waals surface area contributed by atoms with Crippen LogP contribution in [-0.2, 0) is 0 Å². The van der Waals surface area contributed by atoms with Gasteiger partial charge in [-0.1, -0.05) is 45.4 Å². The summed E-state index contributed by atoms with van der Waals surface area (Å²) in [7, 11) is -1.55. The van der Waals surface area contributed by atoms with Gasteiger partial charge in [-0.25, -0.2) is 0 Å². The first-order valence-electron chi connectivity index (χ1n) is 7.51. The Balaban J connectivity index is 2.25. The summed E-state index contributed by atoms with van der Waals surface area (Å²) >= 11 is 4.30. The Bertz CT molecular complexity index is 348. The molecule has 0 aliphatic rings. The normalized spacial score (nSPS) is 11.6. The van der Waals surface area contributed by atoms with Gasteiger partial charge in [-0.05, 0) is 43.4 Å². The summed E-state index contributed by atoms with van der Waals surface area (Å²) in [6, 6.07) is 9.29. The van der Waals surface area contributed by atoms with Crippen LogP contribution in [0.1, 0.15) is 45.4 Å². The molecule has 0 radical (unpaired) electrons. The largest absolute Gasteiger partial charge is 0.544 e. The van der Waals surface area contributed by atoms with E-state index in [0.717, 1.165) is 10.6 Å². The van der Waals surface area contributed by atoms with E-state index < -0.39 is 8.32 Å². The van der Waals surface area contributed by atoms with Crippen LogP contribution in [0.2, 0.25) is 19.1 Å². The van der Waals surface area contributed by atoms with Crippen molar-refractivity contribution in [2.75, 3.05) is 0 Å². The monoisotopic (exact) mass is 296 g/mol. The predicted molar refractivity (Wildman–Crippen MR) is 90.0 cm³/mol.